The van der Waals surface area contributed by atoms with E-state index in [1.807, 2.05) is 0 Å². The van der Waals surface area contributed by atoms with E-state index in [1.165, 1.54) is 37.8 Å². The fourth-order valence-electron chi connectivity index (χ4n) is 4.69. The Morgan fingerprint density at radius 1 is 1.18 bits per heavy atom. The molecular weight excluding hydrogens is 550 g/mol. The number of cyclic esters (lactones) is 1. The van der Waals surface area contributed by atoms with Crippen LogP contribution in [0.25, 0.3) is 0 Å². The first kappa shape index (κ1) is 27.2. The van der Waals surface area contributed by atoms with Gasteiger partial charge in [0.05, 0.1) is 30.5 Å². The van der Waals surface area contributed by atoms with Crippen LogP contribution in [0.4, 0.5) is 25.0 Å². The number of hydrogen-bond donors (Lipinski definition) is 1. The lowest BCUT2D eigenvalue weighted by Crippen LogP contribution is -2.54. The smallest absolute Gasteiger partial charge is 0.414 e. The molecule has 0 unspecified atom stereocenters. The first-order valence-corrected chi connectivity index (χ1v) is 12.9. The SMILES string of the molecule is C[C@@H](NC(=O)c1cccnc1Cl)C(=O)N1CCN(c2c(F)cc(N3C[C@H](Cn4ccnn4)OC3=O)cc2F)CC1. The van der Waals surface area contributed by atoms with E-state index in [0.29, 0.717) is 0 Å². The van der Waals surface area contributed by atoms with Crippen molar-refractivity contribution in [1.29, 1.82) is 0 Å². The van der Waals surface area contributed by atoms with Crippen LogP contribution < -0.4 is 15.1 Å². The van der Waals surface area contributed by atoms with Crippen LogP contribution in [0.15, 0.2) is 42.9 Å². The van der Waals surface area contributed by atoms with E-state index in [1.54, 1.807) is 19.2 Å². The van der Waals surface area contributed by atoms with Gasteiger partial charge in [0.2, 0.25) is 5.91 Å². The minimum Gasteiger partial charge on any atom is -0.442 e. The summed E-state index contributed by atoms with van der Waals surface area (Å²) in [6, 6.07) is 4.40. The summed E-state index contributed by atoms with van der Waals surface area (Å²) >= 11 is 5.95. The second-order valence-electron chi connectivity index (χ2n) is 9.35. The summed E-state index contributed by atoms with van der Waals surface area (Å²) in [5.74, 6) is -2.54. The van der Waals surface area contributed by atoms with Crippen molar-refractivity contribution < 1.29 is 27.9 Å². The van der Waals surface area contributed by atoms with Crippen molar-refractivity contribution in [2.75, 3.05) is 42.5 Å². The Morgan fingerprint density at radius 3 is 2.55 bits per heavy atom. The monoisotopic (exact) mass is 574 g/mol. The van der Waals surface area contributed by atoms with Crippen LogP contribution in [-0.2, 0) is 16.1 Å². The lowest BCUT2D eigenvalue weighted by Gasteiger charge is -2.37. The molecule has 0 bridgehead atoms. The first-order chi connectivity index (χ1) is 19.2. The van der Waals surface area contributed by atoms with Gasteiger partial charge in [0.15, 0.2) is 11.6 Å². The van der Waals surface area contributed by atoms with Crippen LogP contribution in [0.3, 0.4) is 0 Å². The number of carbonyl (C=O) groups is 3. The number of anilines is 2. The molecule has 12 nitrogen and oxygen atoms in total. The lowest BCUT2D eigenvalue weighted by molar-refractivity contribution is -0.133. The Balaban J connectivity index is 1.19. The van der Waals surface area contributed by atoms with Crippen molar-refractivity contribution in [2.24, 2.45) is 0 Å². The average Bonchev–Trinajstić information content (AvgIpc) is 3.57. The zero-order valence-electron chi connectivity index (χ0n) is 21.3. The van der Waals surface area contributed by atoms with E-state index < -0.39 is 35.8 Å². The first-order valence-electron chi connectivity index (χ1n) is 12.5. The minimum absolute atomic E-state index is 0.0246. The molecule has 0 aliphatic carbocycles. The molecule has 2 aromatic heterocycles. The highest BCUT2D eigenvalue weighted by atomic mass is 35.5. The molecule has 5 rings (SSSR count). The Bertz CT molecular complexity index is 1390. The number of benzene rings is 1. The van der Waals surface area contributed by atoms with Gasteiger partial charge in [-0.2, -0.15) is 0 Å². The highest BCUT2D eigenvalue weighted by Crippen LogP contribution is 2.32. The van der Waals surface area contributed by atoms with Crippen molar-refractivity contribution >= 4 is 40.9 Å². The molecule has 1 N–H and O–H groups in total. The van der Waals surface area contributed by atoms with Gasteiger partial charge in [-0.1, -0.05) is 16.8 Å². The van der Waals surface area contributed by atoms with Crippen molar-refractivity contribution in [1.82, 2.24) is 30.2 Å². The number of pyridine rings is 1. The molecule has 2 fully saturated rings. The molecule has 0 saturated carbocycles. The summed E-state index contributed by atoms with van der Waals surface area (Å²) in [4.78, 5) is 45.8. The van der Waals surface area contributed by atoms with Gasteiger partial charge in [-0.3, -0.25) is 14.5 Å². The molecule has 2 atom stereocenters. The standard InChI is InChI=1S/C25H25ClF2N8O4/c1-15(31-23(37)18-3-2-4-29-22(18)26)24(38)34-9-7-33(8-10-34)21-19(27)11-16(12-20(21)28)36-14-17(40-25(36)39)13-35-6-5-30-32-35/h2-6,11-12,15,17H,7-10,13-14H2,1H3,(H,31,37)/t15-,17+/m1/s1. The van der Waals surface area contributed by atoms with Gasteiger partial charge in [-0.15, -0.1) is 5.10 Å². The summed E-state index contributed by atoms with van der Waals surface area (Å²) in [5, 5.41) is 10.2. The van der Waals surface area contributed by atoms with E-state index in [-0.39, 0.29) is 67.3 Å². The van der Waals surface area contributed by atoms with Crippen LogP contribution in [0.2, 0.25) is 5.15 Å². The number of nitrogens with one attached hydrogen (secondary N) is 1. The van der Waals surface area contributed by atoms with Gasteiger partial charge in [0.1, 0.15) is 23.0 Å². The Morgan fingerprint density at radius 2 is 1.90 bits per heavy atom. The number of hydrogen-bond acceptors (Lipinski definition) is 8. The van der Waals surface area contributed by atoms with E-state index in [2.05, 4.69) is 20.6 Å². The largest absolute Gasteiger partial charge is 0.442 e. The van der Waals surface area contributed by atoms with Crippen molar-refractivity contribution in [3.8, 4) is 0 Å². The van der Waals surface area contributed by atoms with Gasteiger partial charge >= 0.3 is 6.09 Å². The third-order valence-electron chi connectivity index (χ3n) is 6.68. The number of amides is 3. The van der Waals surface area contributed by atoms with Crippen LogP contribution in [0.1, 0.15) is 17.3 Å². The predicted octanol–water partition coefficient (Wildman–Crippen LogP) is 2.10. The van der Waals surface area contributed by atoms with Crippen LogP contribution in [0.5, 0.6) is 0 Å². The van der Waals surface area contributed by atoms with Crippen LogP contribution in [-0.4, -0.2) is 87.7 Å². The summed E-state index contributed by atoms with van der Waals surface area (Å²) < 4.78 is 37.2. The summed E-state index contributed by atoms with van der Waals surface area (Å²) in [6.07, 6.45) is 3.29. The van der Waals surface area contributed by atoms with Crippen LogP contribution in [0, 0.1) is 11.6 Å². The quantitative estimate of drug-likeness (QED) is 0.425. The number of nitrogens with zero attached hydrogens (tertiary/aromatic N) is 7. The lowest BCUT2D eigenvalue weighted by atomic mass is 10.1. The molecule has 4 heterocycles. The highest BCUT2D eigenvalue weighted by Gasteiger charge is 2.35. The topological polar surface area (TPSA) is 126 Å². The van der Waals surface area contributed by atoms with Gasteiger partial charge < -0.3 is 19.9 Å². The predicted molar refractivity (Wildman–Crippen MR) is 139 cm³/mol. The number of halogens is 3. The van der Waals surface area contributed by atoms with E-state index >= 15 is 8.78 Å². The van der Waals surface area contributed by atoms with Crippen molar-refractivity contribution in [3.63, 3.8) is 0 Å². The molecule has 1 aromatic carbocycles. The number of piperazine rings is 1. The molecule has 210 valence electrons. The number of aromatic nitrogens is 4. The van der Waals surface area contributed by atoms with Crippen LogP contribution >= 0.6 is 11.6 Å². The molecule has 0 radical (unpaired) electrons. The Kier molecular flexibility index (Phi) is 7.78. The van der Waals surface area contributed by atoms with Gasteiger partial charge in [0, 0.05) is 50.7 Å². The van der Waals surface area contributed by atoms with E-state index in [9.17, 15) is 14.4 Å². The molecule has 0 spiro atoms. The maximum absolute atomic E-state index is 15.2. The molecule has 2 aliphatic heterocycles. The number of carbonyl (C=O) groups excluding carboxylic acids is 3. The summed E-state index contributed by atoms with van der Waals surface area (Å²) in [6.45, 7) is 2.62. The summed E-state index contributed by atoms with van der Waals surface area (Å²) in [7, 11) is 0. The third-order valence-corrected chi connectivity index (χ3v) is 6.98. The fourth-order valence-corrected chi connectivity index (χ4v) is 4.90. The maximum atomic E-state index is 15.2. The Labute approximate surface area is 232 Å². The van der Waals surface area contributed by atoms with Gasteiger partial charge in [0.25, 0.3) is 5.91 Å². The van der Waals surface area contributed by atoms with E-state index in [0.717, 1.165) is 12.1 Å². The molecule has 3 amide bonds. The number of rotatable bonds is 7. The molecule has 40 heavy (non-hydrogen) atoms. The summed E-state index contributed by atoms with van der Waals surface area (Å²) in [5.41, 5.74) is -0.0527. The zero-order chi connectivity index (χ0) is 28.4. The van der Waals surface area contributed by atoms with Gasteiger partial charge in [-0.05, 0) is 19.1 Å². The normalized spacial score (nSPS) is 18.1. The van der Waals surface area contributed by atoms with Gasteiger partial charge in [-0.25, -0.2) is 23.2 Å². The molecule has 2 aliphatic rings. The van der Waals surface area contributed by atoms with Crippen molar-refractivity contribution in [2.45, 2.75) is 25.6 Å². The molecule has 3 aromatic rings. The minimum atomic E-state index is -0.850. The fraction of sp³-hybridized carbons (Fsp3) is 0.360. The van der Waals surface area contributed by atoms with Crippen molar-refractivity contribution in [3.05, 3.63) is 65.2 Å². The van der Waals surface area contributed by atoms with E-state index in [4.69, 9.17) is 16.3 Å². The zero-order valence-corrected chi connectivity index (χ0v) is 22.1. The second kappa shape index (κ2) is 11.4. The second-order valence-corrected chi connectivity index (χ2v) is 9.71. The maximum Gasteiger partial charge on any atom is 0.414 e. The molecule has 15 heteroatoms. The molecule has 2 saturated heterocycles. The number of ether oxygens (including phenoxy) is 1. The third kappa shape index (κ3) is 5.66. The average molecular weight is 575 g/mol. The highest BCUT2D eigenvalue weighted by molar-refractivity contribution is 6.32. The molecular formula is C25H25ClF2N8O4. The Hall–Kier alpha value is -4.33.